The van der Waals surface area contributed by atoms with Crippen molar-refractivity contribution < 1.29 is 14.1 Å². The van der Waals surface area contributed by atoms with E-state index in [1.165, 1.54) is 19.3 Å². The molecule has 0 aliphatic carbocycles. The number of benzene rings is 2. The fraction of sp³-hybridized carbons (Fsp3) is 0.318. The predicted octanol–water partition coefficient (Wildman–Crippen LogP) is 3.92. The summed E-state index contributed by atoms with van der Waals surface area (Å²) in [6, 6.07) is 15.3. The van der Waals surface area contributed by atoms with Crippen LogP contribution >= 0.6 is 0 Å². The molecule has 4 rings (SSSR count). The van der Waals surface area contributed by atoms with E-state index in [9.17, 15) is 4.79 Å². The van der Waals surface area contributed by atoms with Gasteiger partial charge in [-0.3, -0.25) is 4.79 Å². The second-order valence-corrected chi connectivity index (χ2v) is 7.06. The van der Waals surface area contributed by atoms with E-state index in [1.54, 1.807) is 7.11 Å². The van der Waals surface area contributed by atoms with Gasteiger partial charge in [0.25, 0.3) is 0 Å². The summed E-state index contributed by atoms with van der Waals surface area (Å²) in [5.41, 5.74) is 2.71. The van der Waals surface area contributed by atoms with E-state index in [0.717, 1.165) is 35.8 Å². The smallest absolute Gasteiger partial charge is 0.236 e. The lowest BCUT2D eigenvalue weighted by Gasteiger charge is -2.29. The van der Waals surface area contributed by atoms with Gasteiger partial charge in [0.2, 0.25) is 17.6 Å². The van der Waals surface area contributed by atoms with E-state index in [2.05, 4.69) is 26.4 Å². The normalized spacial score (nSPS) is 13.9. The highest BCUT2D eigenvalue weighted by atomic mass is 16.5. The Morgan fingerprint density at radius 1 is 1.14 bits per heavy atom. The van der Waals surface area contributed by atoms with Crippen molar-refractivity contribution >= 4 is 17.3 Å². The van der Waals surface area contributed by atoms with Gasteiger partial charge in [0.05, 0.1) is 7.11 Å². The van der Waals surface area contributed by atoms with Gasteiger partial charge in [-0.2, -0.15) is 4.98 Å². The number of ether oxygens (including phenoxy) is 1. The van der Waals surface area contributed by atoms with Gasteiger partial charge in [0, 0.05) is 30.0 Å². The number of rotatable bonds is 6. The number of methoxy groups -OCH3 is 1. The Morgan fingerprint density at radius 3 is 2.69 bits per heavy atom. The lowest BCUT2D eigenvalue weighted by atomic mass is 10.1. The van der Waals surface area contributed by atoms with Crippen LogP contribution in [0.5, 0.6) is 5.75 Å². The maximum absolute atomic E-state index is 12.4. The van der Waals surface area contributed by atoms with Crippen LogP contribution in [0.25, 0.3) is 11.4 Å². The van der Waals surface area contributed by atoms with Gasteiger partial charge >= 0.3 is 0 Å². The van der Waals surface area contributed by atoms with Crippen LogP contribution < -0.4 is 15.0 Å². The molecule has 0 saturated carbocycles. The zero-order chi connectivity index (χ0) is 20.1. The Kier molecular flexibility index (Phi) is 5.74. The van der Waals surface area contributed by atoms with Crippen molar-refractivity contribution in [1.29, 1.82) is 0 Å². The predicted molar refractivity (Wildman–Crippen MR) is 111 cm³/mol. The SMILES string of the molecule is COc1ccc(-c2noc(CC(=O)Nc3cccc(N4CCCCC4)c3)n2)cc1. The van der Waals surface area contributed by atoms with E-state index in [4.69, 9.17) is 9.26 Å². The number of piperidine rings is 1. The number of nitrogens with one attached hydrogen (secondary N) is 1. The highest BCUT2D eigenvalue weighted by Gasteiger charge is 2.15. The van der Waals surface area contributed by atoms with Crippen molar-refractivity contribution in [2.75, 3.05) is 30.4 Å². The first kappa shape index (κ1) is 19.0. The van der Waals surface area contributed by atoms with Crippen LogP contribution in [0, 0.1) is 0 Å². The van der Waals surface area contributed by atoms with Crippen LogP contribution in [-0.4, -0.2) is 36.2 Å². The zero-order valence-corrected chi connectivity index (χ0v) is 16.4. The molecule has 0 atom stereocenters. The molecule has 0 unspecified atom stereocenters. The van der Waals surface area contributed by atoms with Crippen LogP contribution in [0.4, 0.5) is 11.4 Å². The molecule has 1 fully saturated rings. The molecule has 1 amide bonds. The van der Waals surface area contributed by atoms with Crippen LogP contribution in [0.15, 0.2) is 53.1 Å². The second kappa shape index (κ2) is 8.77. The van der Waals surface area contributed by atoms with E-state index < -0.39 is 0 Å². The second-order valence-electron chi connectivity index (χ2n) is 7.06. The van der Waals surface area contributed by atoms with Gasteiger partial charge in [-0.05, 0) is 61.7 Å². The van der Waals surface area contributed by atoms with Crippen molar-refractivity contribution in [2.24, 2.45) is 0 Å². The molecule has 2 heterocycles. The summed E-state index contributed by atoms with van der Waals surface area (Å²) in [5, 5.41) is 6.89. The molecule has 0 radical (unpaired) electrons. The van der Waals surface area contributed by atoms with Gasteiger partial charge in [0.1, 0.15) is 12.2 Å². The third kappa shape index (κ3) is 4.74. The van der Waals surface area contributed by atoms with Crippen molar-refractivity contribution in [3.63, 3.8) is 0 Å². The number of carbonyl (C=O) groups is 1. The molecular weight excluding hydrogens is 368 g/mol. The molecule has 1 aliphatic heterocycles. The average Bonchev–Trinajstić information content (AvgIpc) is 3.23. The molecule has 150 valence electrons. The molecular formula is C22H24N4O3. The fourth-order valence-electron chi connectivity index (χ4n) is 3.46. The van der Waals surface area contributed by atoms with Gasteiger partial charge in [-0.15, -0.1) is 0 Å². The maximum atomic E-state index is 12.4. The summed E-state index contributed by atoms with van der Waals surface area (Å²) < 4.78 is 10.4. The third-order valence-corrected chi connectivity index (χ3v) is 4.98. The Labute approximate surface area is 169 Å². The van der Waals surface area contributed by atoms with Crippen molar-refractivity contribution in [3.05, 3.63) is 54.4 Å². The zero-order valence-electron chi connectivity index (χ0n) is 16.4. The third-order valence-electron chi connectivity index (χ3n) is 4.98. The summed E-state index contributed by atoms with van der Waals surface area (Å²) in [5.74, 6) is 1.29. The lowest BCUT2D eigenvalue weighted by molar-refractivity contribution is -0.115. The highest BCUT2D eigenvalue weighted by Crippen LogP contribution is 2.23. The summed E-state index contributed by atoms with van der Waals surface area (Å²) in [6.45, 7) is 2.13. The summed E-state index contributed by atoms with van der Waals surface area (Å²) in [4.78, 5) is 19.1. The first-order chi connectivity index (χ1) is 14.2. The van der Waals surface area contributed by atoms with Crippen molar-refractivity contribution in [3.8, 4) is 17.1 Å². The van der Waals surface area contributed by atoms with Crippen molar-refractivity contribution in [2.45, 2.75) is 25.7 Å². The number of hydrogen-bond acceptors (Lipinski definition) is 6. The Bertz CT molecular complexity index is 962. The molecule has 29 heavy (non-hydrogen) atoms. The van der Waals surface area contributed by atoms with E-state index in [1.807, 2.05) is 42.5 Å². The molecule has 7 nitrogen and oxygen atoms in total. The number of hydrogen-bond donors (Lipinski definition) is 1. The van der Waals surface area contributed by atoms with E-state index >= 15 is 0 Å². The largest absolute Gasteiger partial charge is 0.497 e. The van der Waals surface area contributed by atoms with Gasteiger partial charge in [-0.1, -0.05) is 11.2 Å². The Hall–Kier alpha value is -3.35. The minimum absolute atomic E-state index is 0.0249. The van der Waals surface area contributed by atoms with Crippen LogP contribution in [0.1, 0.15) is 25.2 Å². The standard InChI is InChI=1S/C22H24N4O3/c1-28-19-10-8-16(9-11-19)22-24-21(29-25-22)15-20(27)23-17-6-5-7-18(14-17)26-12-3-2-4-13-26/h5-11,14H,2-4,12-13,15H2,1H3,(H,23,27). The molecule has 0 spiro atoms. The van der Waals surface area contributed by atoms with E-state index in [0.29, 0.717) is 5.82 Å². The monoisotopic (exact) mass is 392 g/mol. The molecule has 3 aromatic rings. The highest BCUT2D eigenvalue weighted by molar-refractivity contribution is 5.92. The van der Waals surface area contributed by atoms with Crippen molar-refractivity contribution in [1.82, 2.24) is 10.1 Å². The first-order valence-corrected chi connectivity index (χ1v) is 9.83. The molecule has 1 N–H and O–H groups in total. The molecule has 1 saturated heterocycles. The summed E-state index contributed by atoms with van der Waals surface area (Å²) >= 11 is 0. The molecule has 7 heteroatoms. The number of amides is 1. The first-order valence-electron chi connectivity index (χ1n) is 9.83. The van der Waals surface area contributed by atoms with Gasteiger partial charge < -0.3 is 19.5 Å². The molecule has 1 aliphatic rings. The Balaban J connectivity index is 1.38. The Morgan fingerprint density at radius 2 is 1.93 bits per heavy atom. The fourth-order valence-corrected chi connectivity index (χ4v) is 3.46. The minimum Gasteiger partial charge on any atom is -0.497 e. The van der Waals surface area contributed by atoms with E-state index in [-0.39, 0.29) is 18.2 Å². The summed E-state index contributed by atoms with van der Waals surface area (Å²) in [7, 11) is 1.61. The minimum atomic E-state index is -0.189. The number of carbonyl (C=O) groups excluding carboxylic acids is 1. The van der Waals surface area contributed by atoms with Crippen LogP contribution in [-0.2, 0) is 11.2 Å². The quantitative estimate of drug-likeness (QED) is 0.685. The molecule has 2 aromatic carbocycles. The van der Waals surface area contributed by atoms with Gasteiger partial charge in [-0.25, -0.2) is 0 Å². The lowest BCUT2D eigenvalue weighted by Crippen LogP contribution is -2.29. The molecule has 0 bridgehead atoms. The number of anilines is 2. The molecule has 1 aromatic heterocycles. The van der Waals surface area contributed by atoms with Crippen LogP contribution in [0.3, 0.4) is 0 Å². The number of aromatic nitrogens is 2. The average molecular weight is 392 g/mol. The van der Waals surface area contributed by atoms with Crippen LogP contribution in [0.2, 0.25) is 0 Å². The van der Waals surface area contributed by atoms with Gasteiger partial charge in [0.15, 0.2) is 0 Å². The topological polar surface area (TPSA) is 80.5 Å². The summed E-state index contributed by atoms with van der Waals surface area (Å²) in [6.07, 6.45) is 3.74. The maximum Gasteiger partial charge on any atom is 0.236 e. The number of nitrogens with zero attached hydrogens (tertiary/aromatic N) is 3.